The lowest BCUT2D eigenvalue weighted by Crippen LogP contribution is -2.20. The lowest BCUT2D eigenvalue weighted by Gasteiger charge is -2.07. The van der Waals surface area contributed by atoms with Gasteiger partial charge >= 0.3 is 5.97 Å². The molecule has 1 aromatic carbocycles. The number of rotatable bonds is 6. The van der Waals surface area contributed by atoms with Crippen LogP contribution in [0.25, 0.3) is 6.08 Å². The molecule has 0 atom stereocenters. The summed E-state index contributed by atoms with van der Waals surface area (Å²) in [4.78, 5) is 35.1. The summed E-state index contributed by atoms with van der Waals surface area (Å²) in [6.07, 6.45) is 2.91. The highest BCUT2D eigenvalue weighted by Crippen LogP contribution is 2.13. The summed E-state index contributed by atoms with van der Waals surface area (Å²) in [7, 11) is 0. The normalized spacial score (nSPS) is 10.4. The lowest BCUT2D eigenvalue weighted by molar-refractivity contribution is -0.142. The predicted molar refractivity (Wildman–Crippen MR) is 93.7 cm³/mol. The second kappa shape index (κ2) is 8.64. The molecule has 0 radical (unpaired) electrons. The van der Waals surface area contributed by atoms with Crippen molar-refractivity contribution in [2.24, 2.45) is 0 Å². The fourth-order valence-electron chi connectivity index (χ4n) is 1.76. The molecule has 0 aliphatic heterocycles. The Labute approximate surface area is 143 Å². The van der Waals surface area contributed by atoms with Gasteiger partial charge in [0, 0.05) is 29.3 Å². The molecular formula is C17H16N2O4S. The number of hydrogen-bond donors (Lipinski definition) is 2. The number of ether oxygens (including phenoxy) is 1. The number of esters is 1. The Bertz CT molecular complexity index is 736. The van der Waals surface area contributed by atoms with Gasteiger partial charge in [-0.1, -0.05) is 6.07 Å². The first kappa shape index (κ1) is 17.4. The molecule has 6 nitrogen and oxygen atoms in total. The molecule has 1 heterocycles. The maximum atomic E-state index is 11.7. The minimum atomic E-state index is -0.584. The summed E-state index contributed by atoms with van der Waals surface area (Å²) in [6, 6.07) is 10.3. The van der Waals surface area contributed by atoms with Gasteiger partial charge in [-0.3, -0.25) is 9.59 Å². The van der Waals surface area contributed by atoms with E-state index < -0.39 is 11.9 Å². The Balaban J connectivity index is 1.76. The fraction of sp³-hybridized carbons (Fsp3) is 0.118. The SMILES string of the molecule is CC(=O)Nc1ccc(NC(=O)COC(=O)C=Cc2cccs2)cc1. The summed E-state index contributed by atoms with van der Waals surface area (Å²) >= 11 is 1.50. The molecule has 124 valence electrons. The molecule has 0 saturated heterocycles. The van der Waals surface area contributed by atoms with E-state index in [1.165, 1.54) is 24.3 Å². The van der Waals surface area contributed by atoms with Gasteiger partial charge in [0.1, 0.15) is 0 Å². The van der Waals surface area contributed by atoms with Gasteiger partial charge < -0.3 is 15.4 Å². The van der Waals surface area contributed by atoms with Crippen LogP contribution in [-0.4, -0.2) is 24.4 Å². The van der Waals surface area contributed by atoms with Crippen LogP contribution in [0.2, 0.25) is 0 Å². The predicted octanol–water partition coefficient (Wildman–Crippen LogP) is 2.90. The van der Waals surface area contributed by atoms with Crippen LogP contribution >= 0.6 is 11.3 Å². The van der Waals surface area contributed by atoms with Crippen molar-refractivity contribution in [3.63, 3.8) is 0 Å². The van der Waals surface area contributed by atoms with Gasteiger partial charge in [-0.15, -0.1) is 11.3 Å². The van der Waals surface area contributed by atoms with E-state index in [-0.39, 0.29) is 12.5 Å². The van der Waals surface area contributed by atoms with Crippen molar-refractivity contribution in [1.82, 2.24) is 0 Å². The van der Waals surface area contributed by atoms with E-state index in [1.807, 2.05) is 17.5 Å². The zero-order valence-electron chi connectivity index (χ0n) is 12.9. The second-order valence-electron chi connectivity index (χ2n) is 4.76. The van der Waals surface area contributed by atoms with Crippen LogP contribution in [0.4, 0.5) is 11.4 Å². The Morgan fingerprint density at radius 3 is 2.33 bits per heavy atom. The summed E-state index contributed by atoms with van der Waals surface area (Å²) in [6.45, 7) is 1.04. The summed E-state index contributed by atoms with van der Waals surface area (Å²) in [5, 5.41) is 7.12. The maximum Gasteiger partial charge on any atom is 0.331 e. The van der Waals surface area contributed by atoms with Crippen molar-refractivity contribution in [2.45, 2.75) is 6.92 Å². The minimum absolute atomic E-state index is 0.172. The lowest BCUT2D eigenvalue weighted by atomic mass is 10.2. The van der Waals surface area contributed by atoms with Crippen LogP contribution in [0.5, 0.6) is 0 Å². The van der Waals surface area contributed by atoms with Gasteiger partial charge in [0.15, 0.2) is 6.61 Å². The smallest absolute Gasteiger partial charge is 0.331 e. The van der Waals surface area contributed by atoms with Crippen LogP contribution in [0.3, 0.4) is 0 Å². The van der Waals surface area contributed by atoms with Crippen molar-refractivity contribution < 1.29 is 19.1 Å². The Morgan fingerprint density at radius 1 is 1.08 bits per heavy atom. The fourth-order valence-corrected chi connectivity index (χ4v) is 2.38. The van der Waals surface area contributed by atoms with Crippen LogP contribution in [0.1, 0.15) is 11.8 Å². The molecule has 0 aliphatic rings. The number of carbonyl (C=O) groups excluding carboxylic acids is 3. The number of carbonyl (C=O) groups is 3. The van der Waals surface area contributed by atoms with Crippen molar-refractivity contribution in [2.75, 3.05) is 17.2 Å². The minimum Gasteiger partial charge on any atom is -0.452 e. The van der Waals surface area contributed by atoms with Crippen molar-refractivity contribution in [1.29, 1.82) is 0 Å². The molecule has 24 heavy (non-hydrogen) atoms. The molecule has 0 unspecified atom stereocenters. The summed E-state index contributed by atoms with van der Waals surface area (Å²) < 4.78 is 4.86. The zero-order valence-corrected chi connectivity index (χ0v) is 13.8. The average molecular weight is 344 g/mol. The average Bonchev–Trinajstić information content (AvgIpc) is 3.06. The van der Waals surface area contributed by atoms with Gasteiger partial charge in [0.2, 0.25) is 5.91 Å². The third kappa shape index (κ3) is 6.05. The van der Waals surface area contributed by atoms with Gasteiger partial charge in [0.25, 0.3) is 5.91 Å². The van der Waals surface area contributed by atoms with E-state index in [4.69, 9.17) is 4.74 Å². The highest BCUT2D eigenvalue weighted by atomic mass is 32.1. The van der Waals surface area contributed by atoms with Crippen molar-refractivity contribution >= 4 is 46.6 Å². The van der Waals surface area contributed by atoms with E-state index in [2.05, 4.69) is 10.6 Å². The highest BCUT2D eigenvalue weighted by molar-refractivity contribution is 7.10. The van der Waals surface area contributed by atoms with Gasteiger partial charge in [0.05, 0.1) is 0 Å². The van der Waals surface area contributed by atoms with Crippen LogP contribution in [0, 0.1) is 0 Å². The first-order chi connectivity index (χ1) is 11.5. The number of thiophene rings is 1. The molecule has 0 fully saturated rings. The first-order valence-corrected chi connectivity index (χ1v) is 7.97. The largest absolute Gasteiger partial charge is 0.452 e. The van der Waals surface area contributed by atoms with E-state index in [9.17, 15) is 14.4 Å². The number of anilines is 2. The van der Waals surface area contributed by atoms with Crippen LogP contribution in [-0.2, 0) is 19.1 Å². The zero-order chi connectivity index (χ0) is 17.4. The number of amides is 2. The molecule has 2 rings (SSSR count). The number of nitrogens with one attached hydrogen (secondary N) is 2. The topological polar surface area (TPSA) is 84.5 Å². The van der Waals surface area contributed by atoms with Gasteiger partial charge in [-0.25, -0.2) is 4.79 Å². The van der Waals surface area contributed by atoms with Crippen LogP contribution < -0.4 is 10.6 Å². The standard InChI is InChI=1S/C17H16N2O4S/c1-12(20)18-13-4-6-14(7-5-13)19-16(21)11-23-17(22)9-8-15-3-2-10-24-15/h2-10H,11H2,1H3,(H,18,20)(H,19,21). The van der Waals surface area contributed by atoms with Gasteiger partial charge in [-0.05, 0) is 41.8 Å². The quantitative estimate of drug-likeness (QED) is 0.623. The monoisotopic (exact) mass is 344 g/mol. The molecule has 2 amide bonds. The molecule has 0 spiro atoms. The van der Waals surface area contributed by atoms with E-state index in [0.29, 0.717) is 11.4 Å². The summed E-state index contributed by atoms with van der Waals surface area (Å²) in [5.41, 5.74) is 1.17. The van der Waals surface area contributed by atoms with E-state index in [1.54, 1.807) is 30.3 Å². The molecular weight excluding hydrogens is 328 g/mol. The number of benzene rings is 1. The molecule has 0 aliphatic carbocycles. The van der Waals surface area contributed by atoms with Gasteiger partial charge in [-0.2, -0.15) is 0 Å². The van der Waals surface area contributed by atoms with Crippen molar-refractivity contribution in [3.8, 4) is 0 Å². The van der Waals surface area contributed by atoms with E-state index >= 15 is 0 Å². The van der Waals surface area contributed by atoms with Crippen LogP contribution in [0.15, 0.2) is 47.9 Å². The molecule has 7 heteroatoms. The molecule has 2 N–H and O–H groups in total. The Morgan fingerprint density at radius 2 is 1.75 bits per heavy atom. The highest BCUT2D eigenvalue weighted by Gasteiger charge is 2.06. The third-order valence-electron chi connectivity index (χ3n) is 2.76. The maximum absolute atomic E-state index is 11.7. The molecule has 0 saturated carbocycles. The number of hydrogen-bond acceptors (Lipinski definition) is 5. The first-order valence-electron chi connectivity index (χ1n) is 7.09. The molecule has 1 aromatic heterocycles. The second-order valence-corrected chi connectivity index (χ2v) is 5.74. The summed E-state index contributed by atoms with van der Waals surface area (Å²) in [5.74, 6) is -1.20. The molecule has 2 aromatic rings. The Kier molecular flexibility index (Phi) is 6.27. The Hall–Kier alpha value is -2.93. The molecule has 0 bridgehead atoms. The third-order valence-corrected chi connectivity index (χ3v) is 3.60. The van der Waals surface area contributed by atoms with E-state index in [0.717, 1.165) is 4.88 Å². The van der Waals surface area contributed by atoms with Crippen molar-refractivity contribution in [3.05, 3.63) is 52.7 Å².